The van der Waals surface area contributed by atoms with E-state index in [1.807, 2.05) is 10.3 Å². The fourth-order valence-corrected chi connectivity index (χ4v) is 2.32. The van der Waals surface area contributed by atoms with Crippen LogP contribution in [0, 0.1) is 0 Å². The van der Waals surface area contributed by atoms with Crippen molar-refractivity contribution >= 4 is 21.9 Å². The smallest absolute Gasteiger partial charge is 0.315 e. The van der Waals surface area contributed by atoms with Crippen molar-refractivity contribution in [3.63, 3.8) is 0 Å². The summed E-state index contributed by atoms with van der Waals surface area (Å²) in [6.07, 6.45) is -0.540. The van der Waals surface area contributed by atoms with Gasteiger partial charge in [0.2, 0.25) is 15.9 Å². The molecule has 1 aromatic carbocycles. The summed E-state index contributed by atoms with van der Waals surface area (Å²) in [4.78, 5) is 24.2. The molecule has 1 rings (SSSR count). The number of rotatable bonds is 7. The normalized spacial score (nSPS) is 10.8. The molecular formula is C12H16N2O5S. The molecule has 0 spiro atoms. The van der Waals surface area contributed by atoms with Gasteiger partial charge in [-0.3, -0.25) is 15.0 Å². The molecule has 2 N–H and O–H groups in total. The molecule has 0 radical (unpaired) electrons. The van der Waals surface area contributed by atoms with Crippen LogP contribution in [-0.4, -0.2) is 26.9 Å². The van der Waals surface area contributed by atoms with Crippen LogP contribution < -0.4 is 10.3 Å². The summed E-state index contributed by atoms with van der Waals surface area (Å²) in [5, 5.41) is 0. The highest BCUT2D eigenvalue weighted by molar-refractivity contribution is 7.88. The highest BCUT2D eigenvalue weighted by Gasteiger charge is 2.15. The minimum absolute atomic E-state index is 0.159. The Labute approximate surface area is 117 Å². The summed E-state index contributed by atoms with van der Waals surface area (Å²) >= 11 is 0. The Morgan fingerprint density at radius 2 is 1.85 bits per heavy atom. The molecule has 0 unspecified atom stereocenters. The van der Waals surface area contributed by atoms with Crippen molar-refractivity contribution in [1.29, 1.82) is 0 Å². The molecule has 20 heavy (non-hydrogen) atoms. The quantitative estimate of drug-likeness (QED) is 0.422. The number of ether oxygens (including phenoxy) is 1. The van der Waals surface area contributed by atoms with Gasteiger partial charge in [0.25, 0.3) is 0 Å². The van der Waals surface area contributed by atoms with Gasteiger partial charge in [-0.2, -0.15) is 0 Å². The van der Waals surface area contributed by atoms with Gasteiger partial charge < -0.3 is 4.74 Å². The van der Waals surface area contributed by atoms with Gasteiger partial charge in [-0.1, -0.05) is 30.3 Å². The second-order valence-corrected chi connectivity index (χ2v) is 5.60. The first kappa shape index (κ1) is 16.1. The summed E-state index contributed by atoms with van der Waals surface area (Å²) in [5.74, 6) is -1.76. The summed E-state index contributed by atoms with van der Waals surface area (Å²) in [7, 11) is -3.71. The van der Waals surface area contributed by atoms with Crippen molar-refractivity contribution in [2.24, 2.45) is 0 Å². The molecule has 110 valence electrons. The van der Waals surface area contributed by atoms with Gasteiger partial charge in [-0.25, -0.2) is 8.42 Å². The fourth-order valence-electron chi connectivity index (χ4n) is 1.35. The Hall–Kier alpha value is -1.93. The minimum atomic E-state index is -3.71. The molecule has 7 nitrogen and oxygen atoms in total. The average molecular weight is 300 g/mol. The van der Waals surface area contributed by atoms with E-state index < -0.39 is 28.3 Å². The zero-order chi connectivity index (χ0) is 15.0. The monoisotopic (exact) mass is 300 g/mol. The van der Waals surface area contributed by atoms with Crippen molar-refractivity contribution in [2.75, 3.05) is 6.61 Å². The lowest BCUT2D eigenvalue weighted by Crippen LogP contribution is -2.42. The van der Waals surface area contributed by atoms with Crippen LogP contribution in [-0.2, 0) is 30.1 Å². The van der Waals surface area contributed by atoms with Crippen molar-refractivity contribution in [1.82, 2.24) is 10.3 Å². The van der Waals surface area contributed by atoms with Gasteiger partial charge in [0, 0.05) is 0 Å². The number of hydrazine groups is 1. The second kappa shape index (κ2) is 7.61. The van der Waals surface area contributed by atoms with E-state index in [0.29, 0.717) is 5.56 Å². The molecule has 0 aliphatic heterocycles. The molecule has 0 aliphatic carbocycles. The van der Waals surface area contributed by atoms with Crippen molar-refractivity contribution in [3.8, 4) is 0 Å². The van der Waals surface area contributed by atoms with E-state index in [1.54, 1.807) is 37.3 Å². The Kier molecular flexibility index (Phi) is 6.13. The molecular weight excluding hydrogens is 284 g/mol. The van der Waals surface area contributed by atoms with Gasteiger partial charge in [0.1, 0.15) is 6.42 Å². The molecule has 0 aromatic heterocycles. The number of hydrogen-bond acceptors (Lipinski definition) is 5. The lowest BCUT2D eigenvalue weighted by atomic mass is 10.2. The maximum absolute atomic E-state index is 11.7. The Balaban J connectivity index is 2.44. The van der Waals surface area contributed by atoms with E-state index in [1.165, 1.54) is 0 Å². The second-order valence-electron chi connectivity index (χ2n) is 3.88. The first-order chi connectivity index (χ1) is 9.43. The van der Waals surface area contributed by atoms with Crippen LogP contribution in [0.1, 0.15) is 18.9 Å². The van der Waals surface area contributed by atoms with Crippen LogP contribution in [0.2, 0.25) is 0 Å². The van der Waals surface area contributed by atoms with E-state index in [2.05, 4.69) is 4.74 Å². The van der Waals surface area contributed by atoms with Crippen molar-refractivity contribution < 1.29 is 22.7 Å². The molecule has 0 fully saturated rings. The van der Waals surface area contributed by atoms with Crippen LogP contribution in [0.25, 0.3) is 0 Å². The summed E-state index contributed by atoms with van der Waals surface area (Å²) in [6, 6.07) is 8.50. The number of carbonyl (C=O) groups excluding carboxylic acids is 2. The number of esters is 1. The average Bonchev–Trinajstić information content (AvgIpc) is 2.37. The zero-order valence-corrected chi connectivity index (χ0v) is 11.8. The predicted molar refractivity (Wildman–Crippen MR) is 71.6 cm³/mol. The molecule has 0 saturated heterocycles. The molecule has 0 aliphatic rings. The number of hydrogen-bond donors (Lipinski definition) is 2. The van der Waals surface area contributed by atoms with Crippen LogP contribution in [0.15, 0.2) is 30.3 Å². The Bertz CT molecular complexity index is 556. The van der Waals surface area contributed by atoms with Crippen molar-refractivity contribution in [2.45, 2.75) is 19.1 Å². The summed E-state index contributed by atoms with van der Waals surface area (Å²) in [5.41, 5.74) is 2.54. The molecule has 0 saturated carbocycles. The lowest BCUT2D eigenvalue weighted by molar-refractivity contribution is -0.146. The third kappa shape index (κ3) is 6.30. The number of amides is 1. The molecule has 1 aromatic rings. The third-order valence-electron chi connectivity index (χ3n) is 2.16. The fraction of sp³-hybridized carbons (Fsp3) is 0.333. The van der Waals surface area contributed by atoms with E-state index >= 15 is 0 Å². The van der Waals surface area contributed by atoms with Gasteiger partial charge in [0.05, 0.1) is 12.4 Å². The number of nitrogens with one attached hydrogen (secondary N) is 2. The summed E-state index contributed by atoms with van der Waals surface area (Å²) < 4.78 is 27.9. The number of sulfonamides is 1. The maximum atomic E-state index is 11.7. The number of benzene rings is 1. The largest absolute Gasteiger partial charge is 0.466 e. The van der Waals surface area contributed by atoms with Crippen molar-refractivity contribution in [3.05, 3.63) is 35.9 Å². The van der Waals surface area contributed by atoms with Crippen LogP contribution in [0.4, 0.5) is 0 Å². The summed E-state index contributed by atoms with van der Waals surface area (Å²) in [6.45, 7) is 1.77. The highest BCUT2D eigenvalue weighted by atomic mass is 32.2. The van der Waals surface area contributed by atoms with Gasteiger partial charge in [-0.15, -0.1) is 4.83 Å². The molecule has 0 bridgehead atoms. The van der Waals surface area contributed by atoms with E-state index in [-0.39, 0.29) is 12.4 Å². The first-order valence-corrected chi connectivity index (χ1v) is 7.56. The third-order valence-corrected chi connectivity index (χ3v) is 3.28. The minimum Gasteiger partial charge on any atom is -0.466 e. The van der Waals surface area contributed by atoms with Gasteiger partial charge >= 0.3 is 5.97 Å². The van der Waals surface area contributed by atoms with E-state index in [9.17, 15) is 18.0 Å². The van der Waals surface area contributed by atoms with Crippen LogP contribution in [0.5, 0.6) is 0 Å². The Morgan fingerprint density at radius 3 is 2.45 bits per heavy atom. The molecule has 1 amide bonds. The highest BCUT2D eigenvalue weighted by Crippen LogP contribution is 2.03. The topological polar surface area (TPSA) is 102 Å². The van der Waals surface area contributed by atoms with Crippen LogP contribution >= 0.6 is 0 Å². The van der Waals surface area contributed by atoms with Crippen LogP contribution in [0.3, 0.4) is 0 Å². The predicted octanol–water partition coefficient (Wildman–Crippen LogP) is 0.0904. The maximum Gasteiger partial charge on any atom is 0.315 e. The van der Waals surface area contributed by atoms with E-state index in [0.717, 1.165) is 0 Å². The molecule has 8 heteroatoms. The van der Waals surface area contributed by atoms with Gasteiger partial charge in [-0.05, 0) is 12.5 Å². The number of carbonyl (C=O) groups is 2. The van der Waals surface area contributed by atoms with Gasteiger partial charge in [0.15, 0.2) is 0 Å². The Morgan fingerprint density at radius 1 is 1.20 bits per heavy atom. The molecule has 0 atom stereocenters. The SMILES string of the molecule is CCOC(=O)CC(=O)NNS(=O)(=O)Cc1ccccc1. The first-order valence-electron chi connectivity index (χ1n) is 5.91. The standard InChI is InChI=1S/C12H16N2O5S/c1-2-19-12(16)8-11(15)13-14-20(17,18)9-10-6-4-3-5-7-10/h3-7,14H,2,8-9H2,1H3,(H,13,15). The molecule has 0 heterocycles. The van der Waals surface area contributed by atoms with E-state index in [4.69, 9.17) is 0 Å². The zero-order valence-electron chi connectivity index (χ0n) is 11.0. The lowest BCUT2D eigenvalue weighted by Gasteiger charge is -2.08.